The smallest absolute Gasteiger partial charge is 0.311 e. The zero-order valence-corrected chi connectivity index (χ0v) is 11.2. The number of fused-ring (bicyclic) bond motifs is 2. The summed E-state index contributed by atoms with van der Waals surface area (Å²) in [5.41, 5.74) is -1.58. The Balaban J connectivity index is 1.91. The van der Waals surface area contributed by atoms with Gasteiger partial charge in [-0.1, -0.05) is 0 Å². The Hall–Kier alpha value is -1.43. The topological polar surface area (TPSA) is 29.1 Å². The van der Waals surface area contributed by atoms with E-state index in [-0.39, 0.29) is 12.1 Å². The Morgan fingerprint density at radius 2 is 1.76 bits per heavy atom. The third-order valence-electron chi connectivity index (χ3n) is 4.40. The number of rotatable bonds is 2. The van der Waals surface area contributed by atoms with Gasteiger partial charge in [0.1, 0.15) is 5.82 Å². The first-order valence-electron chi connectivity index (χ1n) is 7.01. The molecule has 2 unspecified atom stereocenters. The van der Waals surface area contributed by atoms with Gasteiger partial charge in [-0.15, -0.1) is 0 Å². The number of carbonyl (C=O) groups excluding carboxylic acids is 1. The van der Waals surface area contributed by atoms with Gasteiger partial charge in [0.05, 0.1) is 5.56 Å². The van der Waals surface area contributed by atoms with E-state index in [1.807, 2.05) is 0 Å². The van der Waals surface area contributed by atoms with Crippen molar-refractivity contribution < 1.29 is 22.4 Å². The van der Waals surface area contributed by atoms with E-state index in [9.17, 15) is 22.4 Å². The van der Waals surface area contributed by atoms with Gasteiger partial charge in [0.15, 0.2) is 5.78 Å². The maximum atomic E-state index is 13.1. The highest BCUT2D eigenvalue weighted by Gasteiger charge is 2.40. The van der Waals surface area contributed by atoms with Crippen LogP contribution in [0.3, 0.4) is 0 Å². The van der Waals surface area contributed by atoms with Crippen molar-refractivity contribution in [3.05, 3.63) is 35.1 Å². The highest BCUT2D eigenvalue weighted by atomic mass is 19.4. The first-order valence-corrected chi connectivity index (χ1v) is 7.01. The summed E-state index contributed by atoms with van der Waals surface area (Å²) in [7, 11) is 0. The quantitative estimate of drug-likeness (QED) is 0.668. The normalized spacial score (nSPS) is 28.7. The summed E-state index contributed by atoms with van der Waals surface area (Å²) in [5, 5.41) is 3.35. The van der Waals surface area contributed by atoms with E-state index in [1.165, 1.54) is 0 Å². The summed E-state index contributed by atoms with van der Waals surface area (Å²) in [5.74, 6) is -1.90. The molecule has 0 saturated carbocycles. The molecule has 0 radical (unpaired) electrons. The summed E-state index contributed by atoms with van der Waals surface area (Å²) in [4.78, 5) is 12.4. The van der Waals surface area contributed by atoms with Crippen LogP contribution < -0.4 is 5.32 Å². The van der Waals surface area contributed by atoms with Crippen LogP contribution in [0.25, 0.3) is 0 Å². The van der Waals surface area contributed by atoms with E-state index < -0.39 is 34.8 Å². The fraction of sp³-hybridized carbons (Fsp3) is 0.533. The van der Waals surface area contributed by atoms with Gasteiger partial charge in [0.25, 0.3) is 0 Å². The molecule has 1 aromatic rings. The van der Waals surface area contributed by atoms with Crippen molar-refractivity contribution in [2.75, 3.05) is 0 Å². The molecule has 6 heteroatoms. The van der Waals surface area contributed by atoms with Crippen molar-refractivity contribution >= 4 is 5.78 Å². The van der Waals surface area contributed by atoms with Gasteiger partial charge in [0.2, 0.25) is 0 Å². The van der Waals surface area contributed by atoms with Gasteiger partial charge in [-0.2, -0.15) is 13.2 Å². The Morgan fingerprint density at radius 1 is 1.14 bits per heavy atom. The number of hydrogen-bond acceptors (Lipinski definition) is 2. The van der Waals surface area contributed by atoms with Crippen LogP contribution in [-0.4, -0.2) is 17.9 Å². The largest absolute Gasteiger partial charge is 0.417 e. The Morgan fingerprint density at radius 3 is 2.33 bits per heavy atom. The van der Waals surface area contributed by atoms with Crippen LogP contribution >= 0.6 is 0 Å². The predicted octanol–water partition coefficient (Wildman–Crippen LogP) is 3.56. The molecule has 0 aromatic heterocycles. The van der Waals surface area contributed by atoms with Crippen LogP contribution in [0.5, 0.6) is 0 Å². The molecule has 2 bridgehead atoms. The van der Waals surface area contributed by atoms with Crippen molar-refractivity contribution in [2.24, 2.45) is 5.92 Å². The SMILES string of the molecule is O=C(c1ccc(F)cc1C(F)(F)F)C1CC2CCC(C1)N2. The molecule has 0 spiro atoms. The average molecular weight is 301 g/mol. The van der Waals surface area contributed by atoms with Crippen LogP contribution in [0.4, 0.5) is 17.6 Å². The molecule has 114 valence electrons. The molecule has 2 aliphatic heterocycles. The number of halogens is 4. The highest BCUT2D eigenvalue weighted by Crippen LogP contribution is 2.37. The summed E-state index contributed by atoms with van der Waals surface area (Å²) < 4.78 is 52.1. The van der Waals surface area contributed by atoms with Crippen LogP contribution in [0.2, 0.25) is 0 Å². The molecule has 0 aliphatic carbocycles. The molecule has 2 nitrogen and oxygen atoms in total. The number of nitrogens with one attached hydrogen (secondary N) is 1. The van der Waals surface area contributed by atoms with Crippen LogP contribution in [0.15, 0.2) is 18.2 Å². The number of Topliss-reactive ketones (excluding diaryl/α,β-unsaturated/α-hetero) is 1. The van der Waals surface area contributed by atoms with Crippen molar-refractivity contribution in [3.63, 3.8) is 0 Å². The molecule has 2 aliphatic rings. The molecule has 2 heterocycles. The maximum Gasteiger partial charge on any atom is 0.417 e. The van der Waals surface area contributed by atoms with Gasteiger partial charge in [0, 0.05) is 23.6 Å². The monoisotopic (exact) mass is 301 g/mol. The third kappa shape index (κ3) is 2.81. The molecule has 2 fully saturated rings. The number of alkyl halides is 3. The second kappa shape index (κ2) is 5.09. The van der Waals surface area contributed by atoms with Crippen molar-refractivity contribution in [1.29, 1.82) is 0 Å². The van der Waals surface area contributed by atoms with Crippen LogP contribution in [0.1, 0.15) is 41.6 Å². The van der Waals surface area contributed by atoms with E-state index >= 15 is 0 Å². The maximum absolute atomic E-state index is 13.1. The lowest BCUT2D eigenvalue weighted by Crippen LogP contribution is -2.40. The molecule has 0 amide bonds. The molecule has 1 aromatic carbocycles. The summed E-state index contributed by atoms with van der Waals surface area (Å²) >= 11 is 0. The van der Waals surface area contributed by atoms with E-state index in [4.69, 9.17) is 0 Å². The van der Waals surface area contributed by atoms with Crippen molar-refractivity contribution in [2.45, 2.75) is 43.9 Å². The Kier molecular flexibility index (Phi) is 3.51. The minimum Gasteiger partial charge on any atom is -0.311 e. The lowest BCUT2D eigenvalue weighted by Gasteiger charge is -2.28. The Labute approximate surface area is 119 Å². The van der Waals surface area contributed by atoms with Crippen molar-refractivity contribution in [1.82, 2.24) is 5.32 Å². The van der Waals surface area contributed by atoms with Gasteiger partial charge >= 0.3 is 6.18 Å². The standard InChI is InChI=1S/C15H15F4NO/c16-9-1-4-12(13(7-9)15(17,18)19)14(21)8-5-10-2-3-11(6-8)20-10/h1,4,7-8,10-11,20H,2-3,5-6H2. The minimum absolute atomic E-state index is 0.215. The summed E-state index contributed by atoms with van der Waals surface area (Å²) in [6, 6.07) is 2.71. The van der Waals surface area contributed by atoms with Gasteiger partial charge in [-0.3, -0.25) is 4.79 Å². The number of benzene rings is 1. The predicted molar refractivity (Wildman–Crippen MR) is 68.4 cm³/mol. The first kappa shape index (κ1) is 14.5. The Bertz CT molecular complexity index is 557. The molecular weight excluding hydrogens is 286 g/mol. The average Bonchev–Trinajstić information content (AvgIpc) is 2.75. The fourth-order valence-electron chi connectivity index (χ4n) is 3.46. The highest BCUT2D eigenvalue weighted by molar-refractivity contribution is 5.99. The zero-order chi connectivity index (χ0) is 15.2. The van der Waals surface area contributed by atoms with E-state index in [0.29, 0.717) is 18.9 Å². The van der Waals surface area contributed by atoms with E-state index in [1.54, 1.807) is 0 Å². The molecule has 2 saturated heterocycles. The molecule has 1 N–H and O–H groups in total. The molecule has 2 atom stereocenters. The lowest BCUT2D eigenvalue weighted by molar-refractivity contribution is -0.138. The number of ketones is 1. The lowest BCUT2D eigenvalue weighted by atomic mass is 9.84. The first-order chi connectivity index (χ1) is 9.84. The van der Waals surface area contributed by atoms with E-state index in [0.717, 1.165) is 25.0 Å². The molecule has 3 rings (SSSR count). The van der Waals surface area contributed by atoms with Gasteiger partial charge in [-0.25, -0.2) is 4.39 Å². The van der Waals surface area contributed by atoms with Crippen LogP contribution in [0, 0.1) is 11.7 Å². The van der Waals surface area contributed by atoms with Gasteiger partial charge in [-0.05, 0) is 43.9 Å². The fourth-order valence-corrected chi connectivity index (χ4v) is 3.46. The second-order valence-corrected chi connectivity index (χ2v) is 5.86. The number of hydrogen-bond donors (Lipinski definition) is 1. The third-order valence-corrected chi connectivity index (χ3v) is 4.40. The van der Waals surface area contributed by atoms with Gasteiger partial charge < -0.3 is 5.32 Å². The second-order valence-electron chi connectivity index (χ2n) is 5.86. The molecular formula is C15H15F4NO. The van der Waals surface area contributed by atoms with Crippen LogP contribution in [-0.2, 0) is 6.18 Å². The number of piperidine rings is 1. The van der Waals surface area contributed by atoms with E-state index in [2.05, 4.69) is 5.32 Å². The number of carbonyl (C=O) groups is 1. The summed E-state index contributed by atoms with van der Waals surface area (Å²) in [6.45, 7) is 0. The minimum atomic E-state index is -4.72. The summed E-state index contributed by atoms with van der Waals surface area (Å²) in [6.07, 6.45) is -1.68. The van der Waals surface area contributed by atoms with Crippen molar-refractivity contribution in [3.8, 4) is 0 Å². The molecule has 21 heavy (non-hydrogen) atoms. The zero-order valence-electron chi connectivity index (χ0n) is 11.2.